The van der Waals surface area contributed by atoms with Crippen LogP contribution in [0.3, 0.4) is 0 Å². The van der Waals surface area contributed by atoms with Crippen molar-refractivity contribution >= 4 is 22.7 Å². The molecule has 1 aromatic heterocycles. The number of hydrogen-bond acceptors (Lipinski definition) is 3. The molecule has 0 saturated heterocycles. The summed E-state index contributed by atoms with van der Waals surface area (Å²) in [5.74, 6) is 1.01. The van der Waals surface area contributed by atoms with Crippen LogP contribution in [0.2, 0.25) is 0 Å². The lowest BCUT2D eigenvalue weighted by Gasteiger charge is -2.26. The topological polar surface area (TPSA) is 63.6 Å². The van der Waals surface area contributed by atoms with Gasteiger partial charge in [-0.3, -0.25) is 9.59 Å². The molecule has 0 radical (unpaired) electrons. The number of amides is 2. The molecule has 0 fully saturated rings. The number of rotatable bonds is 7. The largest absolute Gasteiger partial charge is 0.497 e. The smallest absolute Gasteiger partial charge is 0.272 e. The van der Waals surface area contributed by atoms with Gasteiger partial charge in [0.15, 0.2) is 0 Å². The Balaban J connectivity index is 1.73. The van der Waals surface area contributed by atoms with Gasteiger partial charge in [0.2, 0.25) is 5.91 Å². The molecule has 1 atom stereocenters. The fraction of sp³-hybridized carbons (Fsp3) is 0.360. The zero-order valence-electron chi connectivity index (χ0n) is 18.5. The maximum atomic E-state index is 13.5. The molecule has 0 bridgehead atoms. The first-order valence-corrected chi connectivity index (χ1v) is 10.7. The van der Waals surface area contributed by atoms with Crippen molar-refractivity contribution in [3.63, 3.8) is 0 Å². The molecule has 0 aliphatic carbocycles. The molecule has 31 heavy (non-hydrogen) atoms. The monoisotopic (exact) mass is 419 g/mol. The number of aryl methyl sites for hydroxylation is 1. The Labute approximate surface area is 182 Å². The molecule has 2 amide bonds. The Morgan fingerprint density at radius 1 is 1.13 bits per heavy atom. The molecular weight excluding hydrogens is 390 g/mol. The zero-order valence-corrected chi connectivity index (χ0v) is 18.5. The minimum absolute atomic E-state index is 0.0244. The summed E-state index contributed by atoms with van der Waals surface area (Å²) in [4.78, 5) is 27.9. The van der Waals surface area contributed by atoms with Crippen LogP contribution >= 0.6 is 0 Å². The van der Waals surface area contributed by atoms with Gasteiger partial charge in [0.05, 0.1) is 13.2 Å². The molecule has 6 nitrogen and oxygen atoms in total. The second kappa shape index (κ2) is 8.46. The van der Waals surface area contributed by atoms with Gasteiger partial charge in [-0.25, -0.2) is 0 Å². The molecule has 1 aliphatic heterocycles. The van der Waals surface area contributed by atoms with Gasteiger partial charge in [-0.1, -0.05) is 44.2 Å². The lowest BCUT2D eigenvalue weighted by Crippen LogP contribution is -2.40. The Morgan fingerprint density at radius 2 is 1.84 bits per heavy atom. The van der Waals surface area contributed by atoms with E-state index in [1.165, 1.54) is 0 Å². The Kier molecular flexibility index (Phi) is 5.72. The third kappa shape index (κ3) is 3.78. The van der Waals surface area contributed by atoms with Crippen LogP contribution in [0.25, 0.3) is 10.9 Å². The number of fused-ring (bicyclic) bond motifs is 3. The summed E-state index contributed by atoms with van der Waals surface area (Å²) < 4.78 is 7.25. The van der Waals surface area contributed by atoms with Crippen molar-refractivity contribution in [1.29, 1.82) is 0 Å². The zero-order chi connectivity index (χ0) is 22.1. The van der Waals surface area contributed by atoms with Crippen LogP contribution < -0.4 is 10.1 Å². The van der Waals surface area contributed by atoms with Crippen LogP contribution in [0.1, 0.15) is 47.9 Å². The summed E-state index contributed by atoms with van der Waals surface area (Å²) >= 11 is 0. The van der Waals surface area contributed by atoms with E-state index < -0.39 is 0 Å². The van der Waals surface area contributed by atoms with E-state index in [2.05, 4.69) is 19.2 Å². The fourth-order valence-electron chi connectivity index (χ4n) is 4.37. The van der Waals surface area contributed by atoms with Crippen molar-refractivity contribution in [3.8, 4) is 5.75 Å². The van der Waals surface area contributed by atoms with Crippen LogP contribution in [0.15, 0.2) is 48.5 Å². The average Bonchev–Trinajstić information content (AvgIpc) is 3.21. The summed E-state index contributed by atoms with van der Waals surface area (Å²) in [6, 6.07) is 15.4. The van der Waals surface area contributed by atoms with Gasteiger partial charge in [-0.15, -0.1) is 0 Å². The summed E-state index contributed by atoms with van der Waals surface area (Å²) in [5.41, 5.74) is 3.58. The van der Waals surface area contributed by atoms with E-state index >= 15 is 0 Å². The molecule has 2 aromatic carbocycles. The van der Waals surface area contributed by atoms with Crippen LogP contribution in [0.5, 0.6) is 5.75 Å². The molecule has 1 N–H and O–H groups in total. The van der Waals surface area contributed by atoms with Crippen molar-refractivity contribution in [2.45, 2.75) is 26.3 Å². The van der Waals surface area contributed by atoms with Crippen LogP contribution in [0.4, 0.5) is 0 Å². The minimum Gasteiger partial charge on any atom is -0.497 e. The third-order valence-corrected chi connectivity index (χ3v) is 5.98. The predicted octanol–water partition coefficient (Wildman–Crippen LogP) is 3.89. The number of carbonyl (C=O) groups excluding carboxylic acids is 2. The van der Waals surface area contributed by atoms with E-state index in [1.54, 1.807) is 12.0 Å². The van der Waals surface area contributed by atoms with E-state index in [-0.39, 0.29) is 24.4 Å². The number of nitrogens with one attached hydrogen (secondary N) is 1. The van der Waals surface area contributed by atoms with Gasteiger partial charge in [0.1, 0.15) is 18.0 Å². The Bertz CT molecular complexity index is 1110. The highest BCUT2D eigenvalue weighted by Crippen LogP contribution is 2.43. The van der Waals surface area contributed by atoms with E-state index in [0.717, 1.165) is 34.2 Å². The highest BCUT2D eigenvalue weighted by Gasteiger charge is 2.42. The molecule has 162 valence electrons. The number of ether oxygens (including phenoxy) is 1. The SMILES string of the molecule is COc1ccc([C@@H]2c3c(n(C)c4ccccc34)C(=O)N2CC(=O)NCCC(C)C)cc1. The number of hydrogen-bond donors (Lipinski definition) is 1. The number of methoxy groups -OCH3 is 1. The first-order chi connectivity index (χ1) is 14.9. The third-order valence-electron chi connectivity index (χ3n) is 5.98. The molecule has 1 aliphatic rings. The first-order valence-electron chi connectivity index (χ1n) is 10.7. The van der Waals surface area contributed by atoms with Crippen molar-refractivity contribution in [2.24, 2.45) is 13.0 Å². The number of carbonyl (C=O) groups is 2. The lowest BCUT2D eigenvalue weighted by atomic mass is 9.98. The number of para-hydroxylation sites is 1. The molecule has 2 heterocycles. The van der Waals surface area contributed by atoms with Crippen LogP contribution in [-0.4, -0.2) is 41.5 Å². The van der Waals surface area contributed by atoms with E-state index in [4.69, 9.17) is 4.74 Å². The number of aromatic nitrogens is 1. The molecule has 6 heteroatoms. The normalized spacial score (nSPS) is 15.6. The van der Waals surface area contributed by atoms with Crippen molar-refractivity contribution in [3.05, 3.63) is 65.4 Å². The summed E-state index contributed by atoms with van der Waals surface area (Å²) in [6.07, 6.45) is 0.909. The molecule has 4 rings (SSSR count). The molecule has 0 spiro atoms. The Morgan fingerprint density at radius 3 is 2.52 bits per heavy atom. The minimum atomic E-state index is -0.324. The maximum Gasteiger partial charge on any atom is 0.272 e. The van der Waals surface area contributed by atoms with Gasteiger partial charge in [0, 0.05) is 30.1 Å². The standard InChI is InChI=1S/C25H29N3O3/c1-16(2)13-14-26-21(29)15-28-23(17-9-11-18(31-4)12-10-17)22-19-7-5-6-8-20(19)27(3)24(22)25(28)30/h5-12,16,23H,13-15H2,1-4H3,(H,26,29)/t23-/m1/s1. The van der Waals surface area contributed by atoms with Gasteiger partial charge in [-0.2, -0.15) is 0 Å². The average molecular weight is 420 g/mol. The second-order valence-corrected chi connectivity index (χ2v) is 8.48. The highest BCUT2D eigenvalue weighted by molar-refractivity contribution is 6.07. The summed E-state index contributed by atoms with van der Waals surface area (Å²) in [7, 11) is 3.54. The fourth-order valence-corrected chi connectivity index (χ4v) is 4.37. The molecular formula is C25H29N3O3. The van der Waals surface area contributed by atoms with Gasteiger partial charge < -0.3 is 19.5 Å². The van der Waals surface area contributed by atoms with E-state index in [1.807, 2.05) is 60.1 Å². The summed E-state index contributed by atoms with van der Waals surface area (Å²) in [6.45, 7) is 4.88. The highest BCUT2D eigenvalue weighted by atomic mass is 16.5. The van der Waals surface area contributed by atoms with E-state index in [0.29, 0.717) is 18.2 Å². The van der Waals surface area contributed by atoms with Gasteiger partial charge in [-0.05, 0) is 36.1 Å². The second-order valence-electron chi connectivity index (χ2n) is 8.48. The lowest BCUT2D eigenvalue weighted by molar-refractivity contribution is -0.122. The maximum absolute atomic E-state index is 13.5. The van der Waals surface area contributed by atoms with Crippen molar-refractivity contribution in [2.75, 3.05) is 20.2 Å². The molecule has 3 aromatic rings. The Hall–Kier alpha value is -3.28. The molecule has 0 saturated carbocycles. The van der Waals surface area contributed by atoms with Gasteiger partial charge >= 0.3 is 0 Å². The van der Waals surface area contributed by atoms with Crippen LogP contribution in [0, 0.1) is 5.92 Å². The van der Waals surface area contributed by atoms with Crippen molar-refractivity contribution in [1.82, 2.24) is 14.8 Å². The van der Waals surface area contributed by atoms with Gasteiger partial charge in [0.25, 0.3) is 5.91 Å². The van der Waals surface area contributed by atoms with E-state index in [9.17, 15) is 9.59 Å². The summed E-state index contributed by atoms with van der Waals surface area (Å²) in [5, 5.41) is 4.00. The molecule has 0 unspecified atom stereocenters. The number of nitrogens with zero attached hydrogens (tertiary/aromatic N) is 2. The first kappa shape index (κ1) is 21.0. The quantitative estimate of drug-likeness (QED) is 0.632. The predicted molar refractivity (Wildman–Crippen MR) is 121 cm³/mol. The number of benzene rings is 2. The van der Waals surface area contributed by atoms with Crippen molar-refractivity contribution < 1.29 is 14.3 Å². The van der Waals surface area contributed by atoms with Crippen LogP contribution in [-0.2, 0) is 11.8 Å².